The molecule has 1 N–H and O–H groups in total. The van der Waals surface area contributed by atoms with E-state index in [9.17, 15) is 13.2 Å². The first-order valence-corrected chi connectivity index (χ1v) is 8.18. The fourth-order valence-electron chi connectivity index (χ4n) is 2.48. The zero-order valence-corrected chi connectivity index (χ0v) is 12.4. The van der Waals surface area contributed by atoms with Crippen LogP contribution in [0.3, 0.4) is 0 Å². The Morgan fingerprint density at radius 2 is 2.30 bits per heavy atom. The molecular weight excluding hydrogens is 282 g/mol. The summed E-state index contributed by atoms with van der Waals surface area (Å²) >= 11 is 0. The number of hydrogen-bond donors (Lipinski definition) is 1. The van der Waals surface area contributed by atoms with Crippen LogP contribution in [-0.2, 0) is 14.8 Å². The highest BCUT2D eigenvalue weighted by Crippen LogP contribution is 2.28. The normalized spacial score (nSPS) is 20.2. The molecule has 8 heteroatoms. The summed E-state index contributed by atoms with van der Waals surface area (Å²) in [5.41, 5.74) is -0.0337. The number of carbonyl (C=O) groups excluding carboxylic acids is 1. The molecule has 1 saturated heterocycles. The van der Waals surface area contributed by atoms with Crippen LogP contribution in [0, 0.1) is 0 Å². The first-order chi connectivity index (χ1) is 9.52. The molecule has 1 aliphatic heterocycles. The fourth-order valence-corrected chi connectivity index (χ4v) is 4.31. The van der Waals surface area contributed by atoms with Crippen LogP contribution < -0.4 is 0 Å². The highest BCUT2D eigenvalue weighted by molar-refractivity contribution is 7.89. The minimum atomic E-state index is -3.74. The third-order valence-electron chi connectivity index (χ3n) is 3.46. The van der Waals surface area contributed by atoms with Crippen LogP contribution in [0.4, 0.5) is 0 Å². The monoisotopic (exact) mass is 301 g/mol. The number of sulfonamides is 1. The van der Waals surface area contributed by atoms with Gasteiger partial charge in [-0.1, -0.05) is 6.92 Å². The smallest absolute Gasteiger partial charge is 0.342 e. The molecule has 0 amide bonds. The summed E-state index contributed by atoms with van der Waals surface area (Å²) in [7, 11) is -3.74. The zero-order chi connectivity index (χ0) is 14.8. The van der Waals surface area contributed by atoms with E-state index in [1.54, 1.807) is 6.92 Å². The van der Waals surface area contributed by atoms with Gasteiger partial charge in [0.2, 0.25) is 0 Å². The molecule has 2 heterocycles. The van der Waals surface area contributed by atoms with E-state index in [2.05, 4.69) is 10.2 Å². The van der Waals surface area contributed by atoms with Gasteiger partial charge in [-0.2, -0.15) is 9.40 Å². The first kappa shape index (κ1) is 15.0. The van der Waals surface area contributed by atoms with Crippen molar-refractivity contribution in [1.29, 1.82) is 0 Å². The number of nitrogens with zero attached hydrogens (tertiary/aromatic N) is 2. The van der Waals surface area contributed by atoms with Gasteiger partial charge in [0.25, 0.3) is 10.0 Å². The van der Waals surface area contributed by atoms with Crippen molar-refractivity contribution in [2.75, 3.05) is 13.2 Å². The number of hydrogen-bond acceptors (Lipinski definition) is 5. The predicted octanol–water partition coefficient (Wildman–Crippen LogP) is 1.15. The third kappa shape index (κ3) is 2.57. The average molecular weight is 301 g/mol. The standard InChI is InChI=1S/C12H19N3O4S/c1-3-9-6-5-7-15(9)20(17,18)11-10(8-13-14-11)12(16)19-4-2/h8-9H,3-7H2,1-2H3,(H,13,14). The van der Waals surface area contributed by atoms with E-state index in [0.29, 0.717) is 6.54 Å². The second-order valence-corrected chi connectivity index (χ2v) is 6.48. The molecular formula is C12H19N3O4S. The van der Waals surface area contributed by atoms with Crippen molar-refractivity contribution < 1.29 is 17.9 Å². The van der Waals surface area contributed by atoms with Crippen molar-refractivity contribution in [3.05, 3.63) is 11.8 Å². The number of aromatic amines is 1. The second kappa shape index (κ2) is 5.92. The Bertz CT molecular complexity index is 581. The Kier molecular flexibility index (Phi) is 4.44. The Hall–Kier alpha value is -1.41. The minimum absolute atomic E-state index is 0.0154. The summed E-state index contributed by atoms with van der Waals surface area (Å²) in [6.45, 7) is 4.28. The van der Waals surface area contributed by atoms with Gasteiger partial charge in [-0.3, -0.25) is 5.10 Å². The maximum absolute atomic E-state index is 12.6. The van der Waals surface area contributed by atoms with Crippen molar-refractivity contribution in [3.63, 3.8) is 0 Å². The molecule has 2 rings (SSSR count). The van der Waals surface area contributed by atoms with E-state index in [1.165, 1.54) is 10.5 Å². The SMILES string of the molecule is CCOC(=O)c1cn[nH]c1S(=O)(=O)N1CCCC1CC. The second-order valence-electron chi connectivity index (χ2n) is 4.65. The van der Waals surface area contributed by atoms with Gasteiger partial charge in [0, 0.05) is 12.6 Å². The van der Waals surface area contributed by atoms with Crippen LogP contribution >= 0.6 is 0 Å². The third-order valence-corrected chi connectivity index (χ3v) is 5.39. The summed E-state index contributed by atoms with van der Waals surface area (Å²) in [6, 6.07) is -0.0154. The van der Waals surface area contributed by atoms with E-state index in [0.717, 1.165) is 19.3 Å². The molecule has 0 aliphatic carbocycles. The van der Waals surface area contributed by atoms with E-state index in [-0.39, 0.29) is 23.2 Å². The van der Waals surface area contributed by atoms with Crippen LogP contribution in [0.2, 0.25) is 0 Å². The summed E-state index contributed by atoms with van der Waals surface area (Å²) in [5, 5.41) is 5.94. The summed E-state index contributed by atoms with van der Waals surface area (Å²) in [4.78, 5) is 11.8. The highest BCUT2D eigenvalue weighted by Gasteiger charge is 2.37. The lowest BCUT2D eigenvalue weighted by atomic mass is 10.2. The Balaban J connectivity index is 2.35. The molecule has 1 atom stereocenters. The molecule has 1 aromatic heterocycles. The lowest BCUT2D eigenvalue weighted by Gasteiger charge is -2.22. The summed E-state index contributed by atoms with van der Waals surface area (Å²) in [6.07, 6.45) is 3.63. The van der Waals surface area contributed by atoms with Crippen LogP contribution in [0.15, 0.2) is 11.2 Å². The number of H-pyrrole nitrogens is 1. The number of ether oxygens (including phenoxy) is 1. The van der Waals surface area contributed by atoms with Gasteiger partial charge in [-0.05, 0) is 26.2 Å². The molecule has 0 bridgehead atoms. The molecule has 7 nitrogen and oxygen atoms in total. The molecule has 0 radical (unpaired) electrons. The van der Waals surface area contributed by atoms with Gasteiger partial charge in [0.15, 0.2) is 5.03 Å². The molecule has 1 unspecified atom stereocenters. The van der Waals surface area contributed by atoms with Gasteiger partial charge < -0.3 is 4.74 Å². The van der Waals surface area contributed by atoms with Gasteiger partial charge >= 0.3 is 5.97 Å². The van der Waals surface area contributed by atoms with E-state index in [4.69, 9.17) is 4.74 Å². The summed E-state index contributed by atoms with van der Waals surface area (Å²) < 4.78 is 31.6. The lowest BCUT2D eigenvalue weighted by Crippen LogP contribution is -2.36. The molecule has 112 valence electrons. The lowest BCUT2D eigenvalue weighted by molar-refractivity contribution is 0.0521. The van der Waals surface area contributed by atoms with Crippen molar-refractivity contribution in [1.82, 2.24) is 14.5 Å². The highest BCUT2D eigenvalue weighted by atomic mass is 32.2. The number of carbonyl (C=O) groups is 1. The summed E-state index contributed by atoms with van der Waals surface area (Å²) in [5.74, 6) is -0.674. The van der Waals surface area contributed by atoms with Crippen LogP contribution in [0.1, 0.15) is 43.5 Å². The van der Waals surface area contributed by atoms with E-state index >= 15 is 0 Å². The van der Waals surface area contributed by atoms with E-state index < -0.39 is 16.0 Å². The van der Waals surface area contributed by atoms with E-state index in [1.807, 2.05) is 6.92 Å². The van der Waals surface area contributed by atoms with Crippen molar-refractivity contribution >= 4 is 16.0 Å². The Morgan fingerprint density at radius 3 is 2.95 bits per heavy atom. The minimum Gasteiger partial charge on any atom is -0.462 e. The van der Waals surface area contributed by atoms with Crippen molar-refractivity contribution in [2.24, 2.45) is 0 Å². The maximum atomic E-state index is 12.6. The number of rotatable bonds is 5. The quantitative estimate of drug-likeness (QED) is 0.824. The van der Waals surface area contributed by atoms with Gasteiger partial charge in [0.05, 0.1) is 12.8 Å². The molecule has 1 aromatic rings. The topological polar surface area (TPSA) is 92.4 Å². The molecule has 1 aliphatic rings. The first-order valence-electron chi connectivity index (χ1n) is 6.74. The van der Waals surface area contributed by atoms with Crippen molar-refractivity contribution in [2.45, 2.75) is 44.2 Å². The zero-order valence-electron chi connectivity index (χ0n) is 11.6. The van der Waals surface area contributed by atoms with Gasteiger partial charge in [-0.15, -0.1) is 0 Å². The molecule has 20 heavy (non-hydrogen) atoms. The van der Waals surface area contributed by atoms with Crippen LogP contribution in [0.25, 0.3) is 0 Å². The predicted molar refractivity (Wildman–Crippen MR) is 71.7 cm³/mol. The number of aromatic nitrogens is 2. The fraction of sp³-hybridized carbons (Fsp3) is 0.667. The Labute approximate surface area is 118 Å². The molecule has 0 aromatic carbocycles. The van der Waals surface area contributed by atoms with Gasteiger partial charge in [-0.25, -0.2) is 13.2 Å². The molecule has 1 fully saturated rings. The van der Waals surface area contributed by atoms with Crippen molar-refractivity contribution in [3.8, 4) is 0 Å². The Morgan fingerprint density at radius 1 is 1.55 bits per heavy atom. The average Bonchev–Trinajstić information content (AvgIpc) is 3.08. The molecule has 0 saturated carbocycles. The van der Waals surface area contributed by atoms with Gasteiger partial charge in [0.1, 0.15) is 5.56 Å². The largest absolute Gasteiger partial charge is 0.462 e. The number of nitrogens with one attached hydrogen (secondary N) is 1. The number of esters is 1. The van der Waals surface area contributed by atoms with Crippen LogP contribution in [0.5, 0.6) is 0 Å². The van der Waals surface area contributed by atoms with Crippen LogP contribution in [-0.4, -0.2) is 48.1 Å². The maximum Gasteiger partial charge on any atom is 0.342 e. The molecule has 0 spiro atoms.